The molecule has 0 saturated heterocycles. The summed E-state index contributed by atoms with van der Waals surface area (Å²) < 4.78 is 8.21. The first-order chi connectivity index (χ1) is 13.5. The first kappa shape index (κ1) is 26.2. The Kier molecular flexibility index (Phi) is 16.2. The Bertz CT molecular complexity index is 632. The minimum atomic E-state index is -0.542. The maximum atomic E-state index is 11.7. The molecule has 0 aliphatic carbocycles. The molecular formula is C21H32N2O4Sn. The average molecular weight is 495 g/mol. The fourth-order valence-corrected chi connectivity index (χ4v) is 6.14. The molecule has 0 bridgehead atoms. The van der Waals surface area contributed by atoms with Gasteiger partial charge in [0.05, 0.1) is 12.7 Å². The molecule has 2 N–H and O–H groups in total. The third-order valence-electron chi connectivity index (χ3n) is 3.78. The summed E-state index contributed by atoms with van der Waals surface area (Å²) in [5.74, 6) is 1.13. The molecule has 28 heavy (non-hydrogen) atoms. The van der Waals surface area contributed by atoms with Crippen LogP contribution in [0.4, 0.5) is 0 Å². The number of aliphatic hydroxyl groups is 1. The van der Waals surface area contributed by atoms with Gasteiger partial charge in [0.15, 0.2) is 0 Å². The van der Waals surface area contributed by atoms with Gasteiger partial charge >= 0.3 is 69.5 Å². The van der Waals surface area contributed by atoms with Crippen LogP contribution in [-0.2, 0) is 4.79 Å². The van der Waals surface area contributed by atoms with Crippen molar-refractivity contribution in [3.8, 4) is 5.75 Å². The summed E-state index contributed by atoms with van der Waals surface area (Å²) in [6.07, 6.45) is 6.11. The van der Waals surface area contributed by atoms with Crippen LogP contribution < -0.4 is 10.2 Å². The molecule has 154 valence electrons. The predicted octanol–water partition coefficient (Wildman–Crippen LogP) is 4.59. The van der Waals surface area contributed by atoms with E-state index in [-0.39, 0.29) is 33.1 Å². The summed E-state index contributed by atoms with van der Waals surface area (Å²) in [6.45, 7) is 6.25. The number of rotatable bonds is 11. The molecule has 2 radical (unpaired) electrons. The minimum absolute atomic E-state index is 0.00460. The number of hydrogen-bond acceptors (Lipinski definition) is 4. The van der Waals surface area contributed by atoms with Gasteiger partial charge in [0.2, 0.25) is 5.90 Å². The molecule has 0 aliphatic rings. The Hall–Kier alpha value is -1.79. The quantitative estimate of drug-likeness (QED) is 0.117. The maximum absolute atomic E-state index is 11.7. The molecule has 0 aromatic heterocycles. The van der Waals surface area contributed by atoms with Gasteiger partial charge in [-0.1, -0.05) is 6.92 Å². The van der Waals surface area contributed by atoms with E-state index in [4.69, 9.17) is 4.74 Å². The molecule has 1 rings (SSSR count). The number of nitrogens with one attached hydrogen (secondary N) is 1. The van der Waals surface area contributed by atoms with Crippen LogP contribution in [0.3, 0.4) is 0 Å². The number of carbonyl (C=O) groups excluding carboxylic acids is 2. The molecule has 0 saturated carbocycles. The molecule has 0 atom stereocenters. The van der Waals surface area contributed by atoms with Crippen molar-refractivity contribution < 1.29 is 19.4 Å². The molecule has 0 heterocycles. The van der Waals surface area contributed by atoms with Gasteiger partial charge in [-0.25, -0.2) is 10.2 Å². The Morgan fingerprint density at radius 1 is 1.14 bits per heavy atom. The summed E-state index contributed by atoms with van der Waals surface area (Å²) in [5, 5.41) is 12.8. The number of hydrazone groups is 1. The van der Waals surface area contributed by atoms with Crippen molar-refractivity contribution >= 4 is 38.9 Å². The van der Waals surface area contributed by atoms with Crippen molar-refractivity contribution in [3.05, 3.63) is 35.4 Å². The van der Waals surface area contributed by atoms with Gasteiger partial charge in [-0.05, 0) is 30.7 Å². The van der Waals surface area contributed by atoms with Crippen molar-refractivity contribution in [3.63, 3.8) is 0 Å². The second-order valence-electron chi connectivity index (χ2n) is 6.00. The molecule has 0 aliphatic heterocycles. The van der Waals surface area contributed by atoms with E-state index in [0.29, 0.717) is 11.3 Å². The average Bonchev–Trinajstić information content (AvgIpc) is 2.73. The van der Waals surface area contributed by atoms with Crippen molar-refractivity contribution in [1.82, 2.24) is 5.43 Å². The number of benzene rings is 1. The number of nitrogens with zero attached hydrogens (tertiary/aromatic N) is 1. The third kappa shape index (κ3) is 11.8. The van der Waals surface area contributed by atoms with Gasteiger partial charge in [0, 0.05) is 5.56 Å². The van der Waals surface area contributed by atoms with Gasteiger partial charge < -0.3 is 9.84 Å². The van der Waals surface area contributed by atoms with Gasteiger partial charge in [-0.3, -0.25) is 4.79 Å². The second kappa shape index (κ2) is 17.3. The summed E-state index contributed by atoms with van der Waals surface area (Å²) in [6, 6.07) is 6.36. The number of carbonyl (C=O) groups is 1. The molecule has 0 fully saturated rings. The zero-order valence-electron chi connectivity index (χ0n) is 17.4. The van der Waals surface area contributed by atoms with E-state index in [1.165, 1.54) is 32.8 Å². The van der Waals surface area contributed by atoms with E-state index in [1.807, 2.05) is 0 Å². The standard InChI is InChI=1S/C13H14N2O4.2C4H9.Sn/c1-3-9(8-16)12(17)14-15-13(18)10-4-6-11(19-2)7-5-10;2*1-3-4-2;/h4-7H,3H2,1-2H3,(H,14,17)(H,15,18);2*1,3-4H2,2H3;. The summed E-state index contributed by atoms with van der Waals surface area (Å²) in [7, 11) is 1.52. The Morgan fingerprint density at radius 2 is 1.71 bits per heavy atom. The van der Waals surface area contributed by atoms with Gasteiger partial charge in [-0.2, -0.15) is 0 Å². The van der Waals surface area contributed by atoms with E-state index in [1.54, 1.807) is 46.0 Å². The number of amides is 1. The van der Waals surface area contributed by atoms with E-state index in [0.717, 1.165) is 0 Å². The number of methoxy groups -OCH3 is 1. The monoisotopic (exact) mass is 496 g/mol. The van der Waals surface area contributed by atoms with Crippen LogP contribution in [0.5, 0.6) is 5.75 Å². The third-order valence-corrected chi connectivity index (χ3v) is 7.81. The van der Waals surface area contributed by atoms with Crippen LogP contribution in [0.1, 0.15) is 63.2 Å². The molecule has 0 spiro atoms. The van der Waals surface area contributed by atoms with E-state index < -0.39 is 11.8 Å². The SMILES string of the molecule is CCC(=C=O)C(O)=NNC(=O)c1ccc(OC)cc1.CCC[CH2][Sn][CH2]CCC. The fourth-order valence-electron chi connectivity index (χ4n) is 1.98. The van der Waals surface area contributed by atoms with Gasteiger partial charge in [0.25, 0.3) is 5.91 Å². The predicted molar refractivity (Wildman–Crippen MR) is 115 cm³/mol. The number of ether oxygens (including phenoxy) is 1. The molecule has 0 unspecified atom stereocenters. The fraction of sp³-hybridized carbons (Fsp3) is 0.524. The van der Waals surface area contributed by atoms with Gasteiger partial charge in [-0.15, -0.1) is 5.10 Å². The number of unbranched alkanes of at least 4 members (excludes halogenated alkanes) is 2. The number of aliphatic hydroxyl groups excluding tert-OH is 1. The number of hydrogen-bond donors (Lipinski definition) is 2. The van der Waals surface area contributed by atoms with Gasteiger partial charge in [0.1, 0.15) is 11.7 Å². The molecule has 1 aromatic rings. The normalized spacial score (nSPS) is 10.4. The summed E-state index contributed by atoms with van der Waals surface area (Å²) >= 11 is 0.149. The van der Waals surface area contributed by atoms with Crippen LogP contribution in [-0.4, -0.2) is 51.1 Å². The topological polar surface area (TPSA) is 88.0 Å². The van der Waals surface area contributed by atoms with Crippen molar-refractivity contribution in [2.75, 3.05) is 7.11 Å². The van der Waals surface area contributed by atoms with Crippen LogP contribution in [0.15, 0.2) is 34.9 Å². The van der Waals surface area contributed by atoms with Crippen molar-refractivity contribution in [2.45, 2.75) is 61.7 Å². The molecule has 6 nitrogen and oxygen atoms in total. The van der Waals surface area contributed by atoms with Crippen molar-refractivity contribution in [2.24, 2.45) is 5.10 Å². The van der Waals surface area contributed by atoms with Crippen molar-refractivity contribution in [1.29, 1.82) is 0 Å². The Labute approximate surface area is 178 Å². The first-order valence-corrected chi connectivity index (χ1v) is 13.7. The zero-order chi connectivity index (χ0) is 21.2. The molecule has 7 heteroatoms. The van der Waals surface area contributed by atoms with E-state index in [2.05, 4.69) is 24.4 Å². The Morgan fingerprint density at radius 3 is 2.14 bits per heavy atom. The van der Waals surface area contributed by atoms with Crippen LogP contribution in [0, 0.1) is 0 Å². The summed E-state index contributed by atoms with van der Waals surface area (Å²) in [4.78, 5) is 22.1. The summed E-state index contributed by atoms with van der Waals surface area (Å²) in [5.41, 5.74) is 2.49. The van der Waals surface area contributed by atoms with Crippen LogP contribution in [0.2, 0.25) is 8.87 Å². The van der Waals surface area contributed by atoms with Crippen LogP contribution >= 0.6 is 0 Å². The van der Waals surface area contributed by atoms with Crippen LogP contribution in [0.25, 0.3) is 0 Å². The molecule has 1 amide bonds. The second-order valence-corrected chi connectivity index (χ2v) is 10.3. The molecular weight excluding hydrogens is 463 g/mol. The Balaban J connectivity index is 0.000000684. The van der Waals surface area contributed by atoms with E-state index in [9.17, 15) is 14.7 Å². The first-order valence-electron chi connectivity index (χ1n) is 9.69. The van der Waals surface area contributed by atoms with E-state index >= 15 is 0 Å². The molecule has 1 aromatic carbocycles. The zero-order valence-corrected chi connectivity index (χ0v) is 20.2.